The van der Waals surface area contributed by atoms with Crippen molar-refractivity contribution in [1.82, 2.24) is 0 Å². The zero-order valence-corrected chi connectivity index (χ0v) is 22.4. The van der Waals surface area contributed by atoms with Crippen LogP contribution in [0.3, 0.4) is 0 Å². The molecule has 0 fully saturated rings. The zero-order chi connectivity index (χ0) is 26.9. The lowest BCUT2D eigenvalue weighted by Crippen LogP contribution is -2.05. The highest BCUT2D eigenvalue weighted by atomic mass is 79.9. The molecule has 2 aromatic carbocycles. The molecule has 0 amide bonds. The van der Waals surface area contributed by atoms with Gasteiger partial charge in [0, 0.05) is 16.9 Å². The Morgan fingerprint density at radius 3 is 2.51 bits per heavy atom. The first-order valence-corrected chi connectivity index (χ1v) is 12.7. The van der Waals surface area contributed by atoms with Crippen LogP contribution in [0.2, 0.25) is 0 Å². The number of hydrogen-bond acceptors (Lipinski definition) is 8. The van der Waals surface area contributed by atoms with E-state index in [9.17, 15) is 25.4 Å². The average molecular weight is 574 g/mol. The minimum atomic E-state index is -0.542. The Hall–Kier alpha value is -4.23. The summed E-state index contributed by atoms with van der Waals surface area (Å²) in [5, 5.41) is 28.4. The number of carbonyl (C=O) groups excluding carboxylic acids is 2. The molecule has 0 N–H and O–H groups in total. The van der Waals surface area contributed by atoms with Gasteiger partial charge in [0.15, 0.2) is 5.78 Å². The number of ketones is 1. The molecular weight excluding hydrogens is 554 g/mol. The largest absolute Gasteiger partial charge is 0.488 e. The predicted octanol–water partition coefficient (Wildman–Crippen LogP) is 6.04. The number of Topliss-reactive ketones (excluding diaryl/α,β-unsaturated/α-hetero) is 1. The molecule has 184 valence electrons. The number of hydrogen-bond donors (Lipinski definition) is 0. The van der Waals surface area contributed by atoms with Crippen LogP contribution in [-0.4, -0.2) is 18.4 Å². The second-order valence-corrected chi connectivity index (χ2v) is 9.66. The molecule has 3 aromatic rings. The van der Waals surface area contributed by atoms with Crippen molar-refractivity contribution in [3.8, 4) is 24.0 Å². The van der Waals surface area contributed by atoms with Crippen LogP contribution in [0.25, 0.3) is 6.08 Å². The number of nitrogens with zero attached hydrogens (tertiary/aromatic N) is 3. The number of nitriles is 3. The molecule has 0 bridgehead atoms. The van der Waals surface area contributed by atoms with Gasteiger partial charge in [-0.05, 0) is 65.2 Å². The van der Waals surface area contributed by atoms with Crippen molar-refractivity contribution in [1.29, 1.82) is 15.8 Å². The van der Waals surface area contributed by atoms with E-state index in [0.717, 1.165) is 16.9 Å². The molecule has 0 aliphatic rings. The number of benzene rings is 2. The Bertz CT molecular complexity index is 1520. The van der Waals surface area contributed by atoms with E-state index in [1.54, 1.807) is 44.2 Å². The Kier molecular flexibility index (Phi) is 9.35. The molecule has 0 radical (unpaired) electrons. The Labute approximate surface area is 226 Å². The number of thiophene rings is 1. The third-order valence-corrected chi connectivity index (χ3v) is 7.21. The van der Waals surface area contributed by atoms with Gasteiger partial charge in [-0.3, -0.25) is 4.79 Å². The molecule has 3 rings (SSSR count). The van der Waals surface area contributed by atoms with Crippen LogP contribution in [0.1, 0.15) is 49.3 Å². The minimum Gasteiger partial charge on any atom is -0.488 e. The smallest absolute Gasteiger partial charge is 0.348 e. The number of ether oxygens (including phenoxy) is 2. The topological polar surface area (TPSA) is 124 Å². The van der Waals surface area contributed by atoms with Gasteiger partial charge in [0.05, 0.1) is 33.8 Å². The molecule has 7 nitrogen and oxygen atoms in total. The molecule has 0 saturated carbocycles. The van der Waals surface area contributed by atoms with Gasteiger partial charge in [-0.15, -0.1) is 11.3 Å². The predicted molar refractivity (Wildman–Crippen MR) is 142 cm³/mol. The van der Waals surface area contributed by atoms with E-state index in [4.69, 9.17) is 9.47 Å². The Morgan fingerprint density at radius 2 is 1.86 bits per heavy atom. The normalized spacial score (nSPS) is 10.6. The number of allylic oxidation sites excluding steroid dienone is 1. The monoisotopic (exact) mass is 573 g/mol. The highest BCUT2D eigenvalue weighted by Crippen LogP contribution is 2.31. The van der Waals surface area contributed by atoms with E-state index in [2.05, 4.69) is 22.0 Å². The van der Waals surface area contributed by atoms with Crippen molar-refractivity contribution in [3.63, 3.8) is 0 Å². The lowest BCUT2D eigenvalue weighted by molar-refractivity contribution is -0.114. The summed E-state index contributed by atoms with van der Waals surface area (Å²) in [5.41, 5.74) is 2.51. The highest BCUT2D eigenvalue weighted by molar-refractivity contribution is 9.10. The van der Waals surface area contributed by atoms with Crippen LogP contribution in [0.15, 0.2) is 52.5 Å². The summed E-state index contributed by atoms with van der Waals surface area (Å²) in [4.78, 5) is 25.8. The highest BCUT2D eigenvalue weighted by Gasteiger charge is 2.23. The summed E-state index contributed by atoms with van der Waals surface area (Å²) < 4.78 is 11.5. The van der Waals surface area contributed by atoms with Crippen LogP contribution >= 0.6 is 27.3 Å². The molecule has 0 aliphatic carbocycles. The summed E-state index contributed by atoms with van der Waals surface area (Å²) >= 11 is 4.48. The van der Waals surface area contributed by atoms with E-state index < -0.39 is 11.8 Å². The molecule has 0 unspecified atom stereocenters. The van der Waals surface area contributed by atoms with Gasteiger partial charge in [0.1, 0.15) is 29.4 Å². The molecule has 0 atom stereocenters. The van der Waals surface area contributed by atoms with Gasteiger partial charge in [-0.25, -0.2) is 4.79 Å². The fourth-order valence-corrected chi connectivity index (χ4v) is 5.11. The molecule has 0 spiro atoms. The molecule has 0 saturated heterocycles. The van der Waals surface area contributed by atoms with Gasteiger partial charge in [0.2, 0.25) is 0 Å². The molecule has 9 heteroatoms. The van der Waals surface area contributed by atoms with E-state index in [1.807, 2.05) is 24.3 Å². The van der Waals surface area contributed by atoms with E-state index in [-0.39, 0.29) is 35.6 Å². The first-order chi connectivity index (χ1) is 17.8. The van der Waals surface area contributed by atoms with E-state index in [0.29, 0.717) is 31.8 Å². The lowest BCUT2D eigenvalue weighted by Gasteiger charge is -2.10. The van der Waals surface area contributed by atoms with Gasteiger partial charge < -0.3 is 9.47 Å². The van der Waals surface area contributed by atoms with Gasteiger partial charge in [0.25, 0.3) is 0 Å². The lowest BCUT2D eigenvalue weighted by atomic mass is 10.0. The van der Waals surface area contributed by atoms with Crippen molar-refractivity contribution in [3.05, 3.63) is 90.1 Å². The fourth-order valence-electron chi connectivity index (χ4n) is 3.45. The van der Waals surface area contributed by atoms with Crippen LogP contribution in [0, 0.1) is 40.9 Å². The second kappa shape index (κ2) is 12.6. The molecule has 37 heavy (non-hydrogen) atoms. The SMILES string of the molecule is CCOC(=O)c1sc(CC(=O)/C(C#N)=C/c2ccc(OCc3ccccc3C#N)c(Br)c2)c(C#N)c1C. The van der Waals surface area contributed by atoms with Gasteiger partial charge in [-0.2, -0.15) is 15.8 Å². The molecule has 0 aliphatic heterocycles. The third-order valence-electron chi connectivity index (χ3n) is 5.32. The van der Waals surface area contributed by atoms with Gasteiger partial charge >= 0.3 is 5.97 Å². The molecule has 1 heterocycles. The average Bonchev–Trinajstić information content (AvgIpc) is 3.21. The summed E-state index contributed by atoms with van der Waals surface area (Å²) in [7, 11) is 0. The summed E-state index contributed by atoms with van der Waals surface area (Å²) in [6.45, 7) is 3.72. The Balaban J connectivity index is 1.78. The van der Waals surface area contributed by atoms with E-state index in [1.165, 1.54) is 6.08 Å². The summed E-state index contributed by atoms with van der Waals surface area (Å²) in [5.74, 6) is -0.478. The van der Waals surface area contributed by atoms with Crippen molar-refractivity contribution >= 4 is 45.1 Å². The maximum absolute atomic E-state index is 12.9. The van der Waals surface area contributed by atoms with Gasteiger partial charge in [-0.1, -0.05) is 24.3 Å². The van der Waals surface area contributed by atoms with Crippen LogP contribution in [-0.2, 0) is 22.6 Å². The number of rotatable bonds is 9. The fraction of sp³-hybridized carbons (Fsp3) is 0.179. The van der Waals surface area contributed by atoms with Crippen molar-refractivity contribution in [2.24, 2.45) is 0 Å². The van der Waals surface area contributed by atoms with Crippen molar-refractivity contribution in [2.75, 3.05) is 6.61 Å². The van der Waals surface area contributed by atoms with Crippen LogP contribution < -0.4 is 4.74 Å². The van der Waals surface area contributed by atoms with Crippen LogP contribution in [0.4, 0.5) is 0 Å². The summed E-state index contributed by atoms with van der Waals surface area (Å²) in [6.07, 6.45) is 1.27. The zero-order valence-electron chi connectivity index (χ0n) is 20.0. The summed E-state index contributed by atoms with van der Waals surface area (Å²) in [6, 6.07) is 18.4. The number of esters is 1. The number of carbonyl (C=O) groups is 2. The Morgan fingerprint density at radius 1 is 1.11 bits per heavy atom. The quantitative estimate of drug-likeness (QED) is 0.173. The van der Waals surface area contributed by atoms with Crippen molar-refractivity contribution in [2.45, 2.75) is 26.9 Å². The van der Waals surface area contributed by atoms with Crippen LogP contribution in [0.5, 0.6) is 5.75 Å². The first kappa shape index (κ1) is 27.4. The van der Waals surface area contributed by atoms with E-state index >= 15 is 0 Å². The number of halogens is 1. The first-order valence-electron chi connectivity index (χ1n) is 11.1. The minimum absolute atomic E-state index is 0.0869. The maximum Gasteiger partial charge on any atom is 0.348 e. The molecule has 1 aromatic heterocycles. The second-order valence-electron chi connectivity index (χ2n) is 7.70. The third kappa shape index (κ3) is 6.51. The molecular formula is C28H20BrN3O4S. The van der Waals surface area contributed by atoms with Crippen molar-refractivity contribution < 1.29 is 19.1 Å². The maximum atomic E-state index is 12.9. The standard InChI is InChI=1S/C28H20BrN3O4S/c1-3-35-28(34)27-17(2)22(15-32)26(37-27)12-24(33)21(14-31)10-18-8-9-25(23(29)11-18)36-16-20-7-5-4-6-19(20)13-30/h4-11H,3,12,16H2,1-2H3/b21-10+.